The lowest BCUT2D eigenvalue weighted by Gasteiger charge is -2.03. The monoisotopic (exact) mass is 192 g/mol. The third-order valence-corrected chi connectivity index (χ3v) is 2.27. The summed E-state index contributed by atoms with van der Waals surface area (Å²) in [4.78, 5) is 11.9. The third-order valence-electron chi connectivity index (χ3n) is 2.27. The van der Waals surface area contributed by atoms with Crippen molar-refractivity contribution in [2.24, 2.45) is 0 Å². The summed E-state index contributed by atoms with van der Waals surface area (Å²) in [5.74, 6) is 0. The van der Waals surface area contributed by atoms with E-state index < -0.39 is 0 Å². The van der Waals surface area contributed by atoms with E-state index in [4.69, 9.17) is 0 Å². The zero-order valence-corrected chi connectivity index (χ0v) is 8.24. The molecular formula is C9H12N4O. The minimum atomic E-state index is -0.0133. The van der Waals surface area contributed by atoms with E-state index in [-0.39, 0.29) is 5.43 Å². The van der Waals surface area contributed by atoms with Crippen LogP contribution in [0.2, 0.25) is 0 Å². The highest BCUT2D eigenvalue weighted by atomic mass is 16.1. The van der Waals surface area contributed by atoms with Gasteiger partial charge in [-0.1, -0.05) is 13.3 Å². The number of nitrogens with one attached hydrogen (secondary N) is 1. The SMILES string of the molecule is CCCc1c(C)[nH]n2cnnc2c1=O. The number of aryl methyl sites for hydroxylation is 1. The first kappa shape index (κ1) is 8.93. The predicted molar refractivity (Wildman–Crippen MR) is 52.3 cm³/mol. The molecule has 2 aromatic rings. The number of fused-ring (bicyclic) bond motifs is 1. The van der Waals surface area contributed by atoms with Crippen molar-refractivity contribution < 1.29 is 0 Å². The summed E-state index contributed by atoms with van der Waals surface area (Å²) >= 11 is 0. The lowest BCUT2D eigenvalue weighted by molar-refractivity contribution is 0.828. The molecule has 0 fully saturated rings. The van der Waals surface area contributed by atoms with Crippen LogP contribution < -0.4 is 5.43 Å². The standard InChI is InChI=1S/C9H12N4O/c1-3-4-7-6(2)12-13-5-10-11-9(13)8(7)14/h5,12H,3-4H2,1-2H3. The van der Waals surface area contributed by atoms with Crippen molar-refractivity contribution in [1.29, 1.82) is 0 Å². The fraction of sp³-hybridized carbons (Fsp3) is 0.444. The molecule has 0 aromatic carbocycles. The van der Waals surface area contributed by atoms with Gasteiger partial charge in [-0.3, -0.25) is 9.89 Å². The quantitative estimate of drug-likeness (QED) is 0.761. The summed E-state index contributed by atoms with van der Waals surface area (Å²) in [5, 5.41) is 10.5. The molecule has 0 unspecified atom stereocenters. The Kier molecular flexibility index (Phi) is 2.07. The van der Waals surface area contributed by atoms with Crippen LogP contribution in [0.5, 0.6) is 0 Å². The first-order chi connectivity index (χ1) is 6.74. The number of hydrogen-bond acceptors (Lipinski definition) is 3. The highest BCUT2D eigenvalue weighted by molar-refractivity contribution is 5.39. The van der Waals surface area contributed by atoms with Crippen LogP contribution in [0.25, 0.3) is 5.65 Å². The van der Waals surface area contributed by atoms with Gasteiger partial charge in [-0.25, -0.2) is 4.52 Å². The van der Waals surface area contributed by atoms with Gasteiger partial charge in [-0.2, -0.15) is 0 Å². The van der Waals surface area contributed by atoms with Crippen LogP contribution in [0.1, 0.15) is 24.6 Å². The molecular weight excluding hydrogens is 180 g/mol. The Labute approximate surface area is 80.8 Å². The van der Waals surface area contributed by atoms with Crippen LogP contribution in [0, 0.1) is 6.92 Å². The number of aromatic amines is 1. The molecule has 0 saturated carbocycles. The largest absolute Gasteiger partial charge is 0.295 e. The van der Waals surface area contributed by atoms with Gasteiger partial charge in [-0.15, -0.1) is 10.2 Å². The van der Waals surface area contributed by atoms with Crippen molar-refractivity contribution in [3.05, 3.63) is 27.8 Å². The van der Waals surface area contributed by atoms with E-state index in [0.29, 0.717) is 5.65 Å². The van der Waals surface area contributed by atoms with Gasteiger partial charge in [0, 0.05) is 11.3 Å². The zero-order valence-electron chi connectivity index (χ0n) is 8.24. The van der Waals surface area contributed by atoms with Crippen LogP contribution >= 0.6 is 0 Å². The predicted octanol–water partition coefficient (Wildman–Crippen LogP) is 0.679. The van der Waals surface area contributed by atoms with Crippen LogP contribution in [0.4, 0.5) is 0 Å². The molecule has 0 radical (unpaired) electrons. The Balaban J connectivity index is 2.76. The van der Waals surface area contributed by atoms with Gasteiger partial charge in [0.1, 0.15) is 6.33 Å². The zero-order chi connectivity index (χ0) is 10.1. The molecule has 14 heavy (non-hydrogen) atoms. The maximum atomic E-state index is 11.9. The number of hydrogen-bond donors (Lipinski definition) is 1. The second-order valence-electron chi connectivity index (χ2n) is 3.32. The molecule has 0 aliphatic carbocycles. The summed E-state index contributed by atoms with van der Waals surface area (Å²) in [7, 11) is 0. The molecule has 0 atom stereocenters. The molecule has 2 aromatic heterocycles. The van der Waals surface area contributed by atoms with Gasteiger partial charge in [0.15, 0.2) is 0 Å². The van der Waals surface area contributed by atoms with E-state index >= 15 is 0 Å². The van der Waals surface area contributed by atoms with Crippen molar-refractivity contribution in [3.63, 3.8) is 0 Å². The van der Waals surface area contributed by atoms with Gasteiger partial charge in [0.2, 0.25) is 11.1 Å². The van der Waals surface area contributed by atoms with E-state index in [2.05, 4.69) is 15.3 Å². The number of nitrogens with zero attached hydrogens (tertiary/aromatic N) is 3. The number of aromatic nitrogens is 4. The number of rotatable bonds is 2. The van der Waals surface area contributed by atoms with E-state index in [9.17, 15) is 4.79 Å². The number of H-pyrrole nitrogens is 1. The minimum absolute atomic E-state index is 0.0133. The van der Waals surface area contributed by atoms with E-state index in [1.165, 1.54) is 6.33 Å². The average molecular weight is 192 g/mol. The van der Waals surface area contributed by atoms with E-state index in [1.807, 2.05) is 13.8 Å². The molecule has 0 aliphatic rings. The topological polar surface area (TPSA) is 63.1 Å². The highest BCUT2D eigenvalue weighted by Gasteiger charge is 2.09. The molecule has 2 rings (SSSR count). The third kappa shape index (κ3) is 1.21. The Morgan fingerprint density at radius 2 is 2.36 bits per heavy atom. The molecule has 0 spiro atoms. The Morgan fingerprint density at radius 1 is 1.57 bits per heavy atom. The van der Waals surface area contributed by atoms with Gasteiger partial charge in [0.25, 0.3) is 0 Å². The first-order valence-corrected chi connectivity index (χ1v) is 4.65. The lowest BCUT2D eigenvalue weighted by Crippen LogP contribution is -2.16. The van der Waals surface area contributed by atoms with E-state index in [0.717, 1.165) is 24.1 Å². The summed E-state index contributed by atoms with van der Waals surface area (Å²) < 4.78 is 1.55. The lowest BCUT2D eigenvalue weighted by atomic mass is 10.1. The van der Waals surface area contributed by atoms with Crippen LogP contribution in [-0.2, 0) is 6.42 Å². The van der Waals surface area contributed by atoms with Gasteiger partial charge < -0.3 is 0 Å². The van der Waals surface area contributed by atoms with Crippen LogP contribution in [0.15, 0.2) is 11.1 Å². The molecule has 5 heteroatoms. The summed E-state index contributed by atoms with van der Waals surface area (Å²) in [5.41, 5.74) is 2.07. The molecule has 0 saturated heterocycles. The van der Waals surface area contributed by atoms with E-state index in [1.54, 1.807) is 4.52 Å². The van der Waals surface area contributed by atoms with Gasteiger partial charge in [0.05, 0.1) is 0 Å². The first-order valence-electron chi connectivity index (χ1n) is 4.65. The summed E-state index contributed by atoms with van der Waals surface area (Å²) in [6.45, 7) is 3.94. The molecule has 5 nitrogen and oxygen atoms in total. The minimum Gasteiger partial charge on any atom is -0.295 e. The fourth-order valence-electron chi connectivity index (χ4n) is 1.58. The molecule has 2 heterocycles. The van der Waals surface area contributed by atoms with Crippen molar-refractivity contribution in [3.8, 4) is 0 Å². The average Bonchev–Trinajstić information content (AvgIpc) is 2.60. The Hall–Kier alpha value is -1.65. The second-order valence-corrected chi connectivity index (χ2v) is 3.32. The van der Waals surface area contributed by atoms with Crippen LogP contribution in [-0.4, -0.2) is 19.8 Å². The van der Waals surface area contributed by atoms with Crippen molar-refractivity contribution in [1.82, 2.24) is 19.8 Å². The molecule has 1 N–H and O–H groups in total. The van der Waals surface area contributed by atoms with Gasteiger partial charge >= 0.3 is 0 Å². The van der Waals surface area contributed by atoms with Crippen molar-refractivity contribution in [2.75, 3.05) is 0 Å². The summed E-state index contributed by atoms with van der Waals surface area (Å²) in [6.07, 6.45) is 3.23. The molecule has 0 bridgehead atoms. The van der Waals surface area contributed by atoms with Crippen molar-refractivity contribution in [2.45, 2.75) is 26.7 Å². The molecule has 74 valence electrons. The maximum absolute atomic E-state index is 11.9. The summed E-state index contributed by atoms with van der Waals surface area (Å²) in [6, 6.07) is 0. The van der Waals surface area contributed by atoms with Gasteiger partial charge in [-0.05, 0) is 13.3 Å². The van der Waals surface area contributed by atoms with Crippen molar-refractivity contribution >= 4 is 5.65 Å². The maximum Gasteiger partial charge on any atom is 0.229 e. The smallest absolute Gasteiger partial charge is 0.229 e. The molecule has 0 aliphatic heterocycles. The molecule has 0 amide bonds. The Morgan fingerprint density at radius 3 is 3.07 bits per heavy atom. The normalized spacial score (nSPS) is 11.0. The van der Waals surface area contributed by atoms with Crippen LogP contribution in [0.3, 0.4) is 0 Å². The Bertz CT molecular complexity index is 511. The highest BCUT2D eigenvalue weighted by Crippen LogP contribution is 2.03. The second kappa shape index (κ2) is 3.25. The fourth-order valence-corrected chi connectivity index (χ4v) is 1.58.